The summed E-state index contributed by atoms with van der Waals surface area (Å²) in [6.07, 6.45) is 0.684. The molecule has 1 unspecified atom stereocenters. The van der Waals surface area contributed by atoms with Crippen LogP contribution in [0.3, 0.4) is 0 Å². The Balaban J connectivity index is 1.52. The molecule has 0 radical (unpaired) electrons. The molecule has 1 aliphatic carbocycles. The second-order valence-corrected chi connectivity index (χ2v) is 7.77. The van der Waals surface area contributed by atoms with Crippen molar-refractivity contribution in [2.24, 2.45) is 11.3 Å². The molecule has 0 bridgehead atoms. The maximum atomic E-state index is 14.8. The Morgan fingerprint density at radius 3 is 2.54 bits per heavy atom. The van der Waals surface area contributed by atoms with E-state index in [1.165, 1.54) is 11.8 Å². The number of nitrogens with zero attached hydrogens (tertiary/aromatic N) is 2. The Morgan fingerprint density at radius 1 is 1.32 bits per heavy atom. The third-order valence-electron chi connectivity index (χ3n) is 5.82. The number of carbonyl (C=O) groups is 2. The van der Waals surface area contributed by atoms with Crippen LogP contribution in [0.5, 0.6) is 0 Å². The molecule has 1 aromatic rings. The zero-order valence-corrected chi connectivity index (χ0v) is 15.5. The van der Waals surface area contributed by atoms with Crippen LogP contribution in [-0.2, 0) is 9.53 Å². The lowest BCUT2D eigenvalue weighted by Crippen LogP contribution is -2.42. The van der Waals surface area contributed by atoms with E-state index in [1.807, 2.05) is 0 Å². The highest BCUT2D eigenvalue weighted by atomic mass is 19.1. The summed E-state index contributed by atoms with van der Waals surface area (Å²) in [5.41, 5.74) is 2.73. The van der Waals surface area contributed by atoms with Crippen molar-refractivity contribution in [2.45, 2.75) is 31.9 Å². The van der Waals surface area contributed by atoms with Gasteiger partial charge in [0, 0.05) is 43.6 Å². The summed E-state index contributed by atoms with van der Waals surface area (Å²) in [6, 6.07) is 2.28. The minimum absolute atomic E-state index is 0.00549. The number of rotatable bonds is 5. The molecule has 152 valence electrons. The van der Waals surface area contributed by atoms with Crippen LogP contribution in [-0.4, -0.2) is 50.3 Å². The number of ether oxygens (including phenoxy) is 1. The number of hydrogen-bond donors (Lipinski definition) is 3. The molecule has 28 heavy (non-hydrogen) atoms. The van der Waals surface area contributed by atoms with Gasteiger partial charge in [0.05, 0.1) is 18.8 Å². The molecule has 8 nitrogen and oxygen atoms in total. The summed E-state index contributed by atoms with van der Waals surface area (Å²) < 4.78 is 34.8. The molecule has 4 rings (SSSR count). The van der Waals surface area contributed by atoms with Crippen molar-refractivity contribution in [1.82, 2.24) is 10.7 Å². The Bertz CT molecular complexity index is 793. The number of hydrazine groups is 1. The Labute approximate surface area is 160 Å². The average Bonchev–Trinajstić information content (AvgIpc) is 3.16. The zero-order chi connectivity index (χ0) is 20.1. The molecule has 1 aromatic carbocycles. The molecule has 0 aromatic heterocycles. The summed E-state index contributed by atoms with van der Waals surface area (Å²) in [5.74, 6) is 3.88. The number of carbonyl (C=O) groups excluding carboxylic acids is 2. The first-order valence-electron chi connectivity index (χ1n) is 9.26. The summed E-state index contributed by atoms with van der Waals surface area (Å²) >= 11 is 0. The van der Waals surface area contributed by atoms with Crippen molar-refractivity contribution in [1.29, 1.82) is 0 Å². The average molecular weight is 395 g/mol. The summed E-state index contributed by atoms with van der Waals surface area (Å²) in [4.78, 5) is 25.9. The van der Waals surface area contributed by atoms with Crippen molar-refractivity contribution in [3.05, 3.63) is 23.8 Å². The van der Waals surface area contributed by atoms with E-state index in [2.05, 4.69) is 10.7 Å². The minimum Gasteiger partial charge on any atom is -0.442 e. The van der Waals surface area contributed by atoms with Gasteiger partial charge >= 0.3 is 6.09 Å². The van der Waals surface area contributed by atoms with Gasteiger partial charge in [-0.3, -0.25) is 21.0 Å². The fourth-order valence-corrected chi connectivity index (χ4v) is 4.14. The van der Waals surface area contributed by atoms with Crippen LogP contribution in [0.25, 0.3) is 0 Å². The molecule has 3 aliphatic rings. The molecule has 2 aliphatic heterocycles. The highest BCUT2D eigenvalue weighted by Gasteiger charge is 2.55. The highest BCUT2D eigenvalue weighted by molar-refractivity contribution is 5.90. The van der Waals surface area contributed by atoms with Gasteiger partial charge in [-0.25, -0.2) is 13.6 Å². The molecule has 1 spiro atoms. The highest BCUT2D eigenvalue weighted by Crippen LogP contribution is 2.53. The SMILES string of the molecule is CC(=O)NC[C@H]1CN(c2cc(F)c(N3CC(NN)C4(CC4)C3)c(F)c2)C(=O)O1. The molecule has 1 saturated carbocycles. The van der Waals surface area contributed by atoms with E-state index in [1.54, 1.807) is 4.90 Å². The third-order valence-corrected chi connectivity index (χ3v) is 5.82. The van der Waals surface area contributed by atoms with Crippen LogP contribution in [0.4, 0.5) is 25.0 Å². The van der Waals surface area contributed by atoms with Crippen molar-refractivity contribution in [3.63, 3.8) is 0 Å². The molecule has 2 heterocycles. The normalized spacial score (nSPS) is 25.4. The number of cyclic esters (lactones) is 1. The van der Waals surface area contributed by atoms with E-state index in [0.717, 1.165) is 25.0 Å². The van der Waals surface area contributed by atoms with Gasteiger partial charge in [0.1, 0.15) is 11.8 Å². The van der Waals surface area contributed by atoms with E-state index >= 15 is 0 Å². The lowest BCUT2D eigenvalue weighted by atomic mass is 10.0. The van der Waals surface area contributed by atoms with E-state index in [0.29, 0.717) is 13.1 Å². The predicted octanol–water partition coefficient (Wildman–Crippen LogP) is 0.858. The number of hydrogen-bond acceptors (Lipinski definition) is 6. The van der Waals surface area contributed by atoms with Crippen molar-refractivity contribution >= 4 is 23.4 Å². The summed E-state index contributed by atoms with van der Waals surface area (Å²) in [5, 5.41) is 2.56. The van der Waals surface area contributed by atoms with Crippen molar-refractivity contribution in [2.75, 3.05) is 36.0 Å². The number of nitrogens with two attached hydrogens (primary N) is 1. The number of halogens is 2. The standard InChI is InChI=1S/C18H23F2N5O3/c1-10(26)22-6-12-7-25(17(27)28-12)11-4-13(19)16(14(20)5-11)24-8-15(23-21)18(9-24)2-3-18/h4-5,12,15,23H,2-3,6-9,21H2,1H3,(H,22,26)/t12-,15?/m0/s1. The van der Waals surface area contributed by atoms with Gasteiger partial charge in [0.15, 0.2) is 11.6 Å². The van der Waals surface area contributed by atoms with E-state index in [9.17, 15) is 18.4 Å². The fraction of sp³-hybridized carbons (Fsp3) is 0.556. The maximum absolute atomic E-state index is 14.8. The van der Waals surface area contributed by atoms with Crippen LogP contribution < -0.4 is 26.4 Å². The molecule has 10 heteroatoms. The minimum atomic E-state index is -0.735. The first-order chi connectivity index (χ1) is 13.3. The van der Waals surface area contributed by atoms with Gasteiger partial charge in [0.25, 0.3) is 0 Å². The van der Waals surface area contributed by atoms with Gasteiger partial charge < -0.3 is 15.0 Å². The van der Waals surface area contributed by atoms with E-state index in [4.69, 9.17) is 10.6 Å². The maximum Gasteiger partial charge on any atom is 0.414 e. The predicted molar refractivity (Wildman–Crippen MR) is 97.6 cm³/mol. The fourth-order valence-electron chi connectivity index (χ4n) is 4.14. The number of nitrogens with one attached hydrogen (secondary N) is 2. The second-order valence-electron chi connectivity index (χ2n) is 7.77. The van der Waals surface area contributed by atoms with Crippen LogP contribution in [0.1, 0.15) is 19.8 Å². The topological polar surface area (TPSA) is 99.9 Å². The Kier molecular flexibility index (Phi) is 4.62. The second kappa shape index (κ2) is 6.85. The van der Waals surface area contributed by atoms with Crippen LogP contribution in [0.15, 0.2) is 12.1 Å². The number of benzene rings is 1. The quantitative estimate of drug-likeness (QED) is 0.505. The van der Waals surface area contributed by atoms with E-state index in [-0.39, 0.29) is 41.8 Å². The Morgan fingerprint density at radius 2 is 2.00 bits per heavy atom. The molecule has 2 amide bonds. The van der Waals surface area contributed by atoms with Gasteiger partial charge in [-0.2, -0.15) is 0 Å². The summed E-state index contributed by atoms with van der Waals surface area (Å²) in [7, 11) is 0. The van der Waals surface area contributed by atoms with Crippen LogP contribution in [0.2, 0.25) is 0 Å². The third kappa shape index (κ3) is 3.26. The van der Waals surface area contributed by atoms with Gasteiger partial charge in [-0.1, -0.05) is 0 Å². The van der Waals surface area contributed by atoms with Gasteiger partial charge in [-0.05, 0) is 12.8 Å². The lowest BCUT2D eigenvalue weighted by Gasteiger charge is -2.22. The lowest BCUT2D eigenvalue weighted by molar-refractivity contribution is -0.119. The first-order valence-corrected chi connectivity index (χ1v) is 9.26. The molecule has 4 N–H and O–H groups in total. The smallest absolute Gasteiger partial charge is 0.414 e. The Hall–Kier alpha value is -2.46. The zero-order valence-electron chi connectivity index (χ0n) is 15.5. The van der Waals surface area contributed by atoms with E-state index < -0.39 is 23.8 Å². The van der Waals surface area contributed by atoms with Crippen molar-refractivity contribution in [3.8, 4) is 0 Å². The van der Waals surface area contributed by atoms with Crippen LogP contribution >= 0.6 is 0 Å². The monoisotopic (exact) mass is 395 g/mol. The molecular formula is C18H23F2N5O3. The molecular weight excluding hydrogens is 372 g/mol. The molecule has 2 saturated heterocycles. The van der Waals surface area contributed by atoms with Crippen molar-refractivity contribution < 1.29 is 23.1 Å². The van der Waals surface area contributed by atoms with Gasteiger partial charge in [-0.15, -0.1) is 0 Å². The molecule has 2 atom stereocenters. The summed E-state index contributed by atoms with van der Waals surface area (Å²) in [6.45, 7) is 2.56. The molecule has 3 fully saturated rings. The number of anilines is 2. The van der Waals surface area contributed by atoms with Gasteiger partial charge in [0.2, 0.25) is 5.91 Å². The first kappa shape index (κ1) is 18.9. The largest absolute Gasteiger partial charge is 0.442 e. The van der Waals surface area contributed by atoms with Crippen LogP contribution in [0, 0.1) is 17.0 Å². The number of amides is 2.